The maximum absolute atomic E-state index is 10.1. The molecule has 0 aliphatic heterocycles. The van der Waals surface area contributed by atoms with Gasteiger partial charge in [-0.05, 0) is 42.5 Å². The number of nitrogens with one attached hydrogen (secondary N) is 1. The number of pyridine rings is 1. The van der Waals surface area contributed by atoms with Crippen molar-refractivity contribution in [3.63, 3.8) is 0 Å². The fourth-order valence-corrected chi connectivity index (χ4v) is 4.92. The quantitative estimate of drug-likeness (QED) is 0.282. The predicted molar refractivity (Wildman–Crippen MR) is 134 cm³/mol. The van der Waals surface area contributed by atoms with Gasteiger partial charge in [0.1, 0.15) is 6.07 Å². The number of fused-ring (bicyclic) bond motifs is 3. The lowest BCUT2D eigenvalue weighted by Gasteiger charge is -2.15. The van der Waals surface area contributed by atoms with Crippen LogP contribution in [0.3, 0.4) is 0 Å². The molecule has 7 nitrogen and oxygen atoms in total. The Bertz CT molecular complexity index is 1610. The molecule has 9 heteroatoms. The highest BCUT2D eigenvalue weighted by molar-refractivity contribution is 7.99. The summed E-state index contributed by atoms with van der Waals surface area (Å²) in [6.45, 7) is 0. The third-order valence-corrected chi connectivity index (χ3v) is 7.04. The van der Waals surface area contributed by atoms with Crippen molar-refractivity contribution in [1.82, 2.24) is 14.5 Å². The summed E-state index contributed by atoms with van der Waals surface area (Å²) in [6, 6.07) is 14.9. The Kier molecular flexibility index (Phi) is 5.65. The topological polar surface area (TPSA) is 96.0 Å². The van der Waals surface area contributed by atoms with Gasteiger partial charge in [-0.2, -0.15) is 5.26 Å². The molecule has 0 bridgehead atoms. The summed E-state index contributed by atoms with van der Waals surface area (Å²) < 4.78 is 7.30. The SMILES string of the molecule is COc1c(O)ccc2c1ccc1c(Nc3ccc(Sc4nccn4C)c(Cl)c3)c(C#N)cnc12. The normalized spacial score (nSPS) is 11.0. The van der Waals surface area contributed by atoms with E-state index < -0.39 is 0 Å². The minimum atomic E-state index is 0.0551. The lowest BCUT2D eigenvalue weighted by molar-refractivity contribution is 0.378. The average Bonchev–Trinajstić information content (AvgIpc) is 3.24. The number of benzene rings is 3. The van der Waals surface area contributed by atoms with Crippen molar-refractivity contribution in [1.29, 1.82) is 5.26 Å². The number of aryl methyl sites for hydroxylation is 1. The molecule has 0 radical (unpaired) electrons. The van der Waals surface area contributed by atoms with Crippen LogP contribution in [0.1, 0.15) is 5.56 Å². The number of aromatic nitrogens is 3. The number of ether oxygens (including phenoxy) is 1. The molecule has 34 heavy (non-hydrogen) atoms. The summed E-state index contributed by atoms with van der Waals surface area (Å²) in [4.78, 5) is 9.73. The van der Waals surface area contributed by atoms with Gasteiger partial charge in [-0.3, -0.25) is 4.98 Å². The van der Waals surface area contributed by atoms with Crippen molar-refractivity contribution in [2.75, 3.05) is 12.4 Å². The minimum Gasteiger partial charge on any atom is -0.504 e. The molecule has 2 heterocycles. The van der Waals surface area contributed by atoms with Gasteiger partial charge in [0.05, 0.1) is 28.9 Å². The Hall–Kier alpha value is -3.93. The maximum Gasteiger partial charge on any atom is 0.172 e. The van der Waals surface area contributed by atoms with Crippen LogP contribution >= 0.6 is 23.4 Å². The second kappa shape index (κ2) is 8.78. The van der Waals surface area contributed by atoms with E-state index in [2.05, 4.69) is 21.4 Å². The Balaban J connectivity index is 1.58. The first-order valence-electron chi connectivity index (χ1n) is 10.2. The van der Waals surface area contributed by atoms with Crippen LogP contribution in [-0.4, -0.2) is 26.8 Å². The second-order valence-corrected chi connectivity index (χ2v) is 8.94. The van der Waals surface area contributed by atoms with Crippen molar-refractivity contribution < 1.29 is 9.84 Å². The molecule has 0 aliphatic carbocycles. The first-order chi connectivity index (χ1) is 16.5. The number of hydrogen-bond donors (Lipinski definition) is 2. The van der Waals surface area contributed by atoms with Gasteiger partial charge in [0, 0.05) is 52.4 Å². The number of aromatic hydroxyl groups is 1. The molecule has 2 N–H and O–H groups in total. The van der Waals surface area contributed by atoms with E-state index in [0.717, 1.165) is 31.9 Å². The summed E-state index contributed by atoms with van der Waals surface area (Å²) in [5.74, 6) is 0.437. The van der Waals surface area contributed by atoms with E-state index in [1.165, 1.54) is 25.1 Å². The van der Waals surface area contributed by atoms with E-state index in [4.69, 9.17) is 16.3 Å². The van der Waals surface area contributed by atoms with Gasteiger partial charge in [-0.1, -0.05) is 23.4 Å². The van der Waals surface area contributed by atoms with E-state index in [1.807, 2.05) is 48.1 Å². The lowest BCUT2D eigenvalue weighted by atomic mass is 10.0. The van der Waals surface area contributed by atoms with Gasteiger partial charge >= 0.3 is 0 Å². The molecule has 0 amide bonds. The molecule has 0 saturated carbocycles. The molecule has 3 aromatic carbocycles. The number of phenolic OH excluding ortho intramolecular Hbond substituents is 1. The third-order valence-electron chi connectivity index (χ3n) is 5.47. The monoisotopic (exact) mass is 487 g/mol. The van der Waals surface area contributed by atoms with Crippen molar-refractivity contribution >= 4 is 56.4 Å². The number of hydrogen-bond acceptors (Lipinski definition) is 7. The van der Waals surface area contributed by atoms with Gasteiger partial charge < -0.3 is 19.7 Å². The molecule has 0 spiro atoms. The Morgan fingerprint density at radius 2 is 1.91 bits per heavy atom. The average molecular weight is 488 g/mol. The van der Waals surface area contributed by atoms with E-state index in [0.29, 0.717) is 27.5 Å². The van der Waals surface area contributed by atoms with Crippen molar-refractivity contribution in [3.8, 4) is 17.6 Å². The Labute approximate surface area is 204 Å². The molecule has 0 aliphatic rings. The maximum atomic E-state index is 10.1. The standard InChI is InChI=1S/C25H18ClN5O2S/c1-31-10-9-28-25(31)34-21-8-3-15(11-19(21)26)30-22-14(12-27)13-29-23-16-6-7-20(32)24(33-2)17(16)4-5-18(22)23/h3-11,13,32H,1-2H3,(H,29,30). The van der Waals surface area contributed by atoms with Crippen molar-refractivity contribution in [2.24, 2.45) is 7.05 Å². The number of nitrogens with zero attached hydrogens (tertiary/aromatic N) is 4. The van der Waals surface area contributed by atoms with Crippen LogP contribution in [0, 0.1) is 11.3 Å². The number of methoxy groups -OCH3 is 1. The van der Waals surface area contributed by atoms with Crippen LogP contribution in [0.4, 0.5) is 11.4 Å². The molecule has 168 valence electrons. The molecule has 0 fully saturated rings. The number of phenols is 1. The number of rotatable bonds is 5. The van der Waals surface area contributed by atoms with E-state index in [-0.39, 0.29) is 5.75 Å². The van der Waals surface area contributed by atoms with E-state index in [1.54, 1.807) is 18.3 Å². The number of halogens is 1. The zero-order valence-corrected chi connectivity index (χ0v) is 19.8. The van der Waals surface area contributed by atoms with Crippen LogP contribution in [0.2, 0.25) is 5.02 Å². The van der Waals surface area contributed by atoms with Gasteiger partial charge in [-0.15, -0.1) is 0 Å². The largest absolute Gasteiger partial charge is 0.504 e. The summed E-state index contributed by atoms with van der Waals surface area (Å²) in [5, 5.41) is 26.9. The molecular weight excluding hydrogens is 470 g/mol. The molecule has 5 aromatic rings. The zero-order valence-electron chi connectivity index (χ0n) is 18.2. The van der Waals surface area contributed by atoms with E-state index in [9.17, 15) is 10.4 Å². The number of nitriles is 1. The Morgan fingerprint density at radius 3 is 2.62 bits per heavy atom. The first kappa shape index (κ1) is 21.9. The highest BCUT2D eigenvalue weighted by atomic mass is 35.5. The van der Waals surface area contributed by atoms with Crippen LogP contribution in [-0.2, 0) is 7.05 Å². The summed E-state index contributed by atoms with van der Waals surface area (Å²) in [5.41, 5.74) is 2.45. The Morgan fingerprint density at radius 1 is 1.12 bits per heavy atom. The predicted octanol–water partition coefficient (Wildman–Crippen LogP) is 6.26. The van der Waals surface area contributed by atoms with Gasteiger partial charge in [0.25, 0.3) is 0 Å². The number of imidazole rings is 1. The van der Waals surface area contributed by atoms with Crippen molar-refractivity contribution in [3.05, 3.63) is 71.6 Å². The summed E-state index contributed by atoms with van der Waals surface area (Å²) >= 11 is 8.05. The van der Waals surface area contributed by atoms with Crippen LogP contribution in [0.25, 0.3) is 21.7 Å². The van der Waals surface area contributed by atoms with Gasteiger partial charge in [0.2, 0.25) is 0 Å². The number of anilines is 2. The highest BCUT2D eigenvalue weighted by Gasteiger charge is 2.16. The third kappa shape index (κ3) is 3.75. The lowest BCUT2D eigenvalue weighted by Crippen LogP contribution is -1.98. The molecule has 0 saturated heterocycles. The minimum absolute atomic E-state index is 0.0551. The first-order valence-corrected chi connectivity index (χ1v) is 11.4. The van der Waals surface area contributed by atoms with E-state index >= 15 is 0 Å². The van der Waals surface area contributed by atoms with Crippen LogP contribution in [0.5, 0.6) is 11.5 Å². The molecule has 2 aromatic heterocycles. The fourth-order valence-electron chi connectivity index (χ4n) is 3.82. The molecule has 0 unspecified atom stereocenters. The fraction of sp³-hybridized carbons (Fsp3) is 0.0800. The summed E-state index contributed by atoms with van der Waals surface area (Å²) in [6.07, 6.45) is 5.16. The van der Waals surface area contributed by atoms with Crippen molar-refractivity contribution in [2.45, 2.75) is 10.1 Å². The molecule has 0 atom stereocenters. The smallest absolute Gasteiger partial charge is 0.172 e. The van der Waals surface area contributed by atoms with Crippen LogP contribution in [0.15, 0.2) is 71.1 Å². The second-order valence-electron chi connectivity index (χ2n) is 7.53. The van der Waals surface area contributed by atoms with Gasteiger partial charge in [0.15, 0.2) is 16.7 Å². The summed E-state index contributed by atoms with van der Waals surface area (Å²) in [7, 11) is 3.44. The zero-order chi connectivity index (χ0) is 23.8. The molecule has 5 rings (SSSR count). The van der Waals surface area contributed by atoms with Gasteiger partial charge in [-0.25, -0.2) is 4.98 Å². The molecular formula is C25H18ClN5O2S. The van der Waals surface area contributed by atoms with Crippen LogP contribution < -0.4 is 10.1 Å². The highest BCUT2D eigenvalue weighted by Crippen LogP contribution is 2.40.